The average Bonchev–Trinajstić information content (AvgIpc) is 2.90. The number of carbonyl (C=O) groups excluding carboxylic acids is 3. The van der Waals surface area contributed by atoms with E-state index in [1.165, 1.54) is 12.1 Å². The van der Waals surface area contributed by atoms with Crippen LogP contribution in [0.5, 0.6) is 0 Å². The van der Waals surface area contributed by atoms with E-state index in [4.69, 9.17) is 5.11 Å². The first-order valence-corrected chi connectivity index (χ1v) is 7.78. The molecule has 8 heteroatoms. The van der Waals surface area contributed by atoms with Crippen LogP contribution in [0.2, 0.25) is 0 Å². The van der Waals surface area contributed by atoms with Gasteiger partial charge in [0.15, 0.2) is 0 Å². The summed E-state index contributed by atoms with van der Waals surface area (Å²) >= 11 is 0. The lowest BCUT2D eigenvalue weighted by Gasteiger charge is -2.29. The lowest BCUT2D eigenvalue weighted by Crippen LogP contribution is -2.53. The maximum atomic E-state index is 12.6. The minimum absolute atomic E-state index is 0.0717. The van der Waals surface area contributed by atoms with Crippen molar-refractivity contribution in [3.8, 4) is 0 Å². The van der Waals surface area contributed by atoms with Crippen LogP contribution in [0.25, 0.3) is 0 Å². The molecule has 0 bridgehead atoms. The summed E-state index contributed by atoms with van der Waals surface area (Å²) in [6.07, 6.45) is 0. The van der Waals surface area contributed by atoms with Crippen molar-refractivity contribution in [2.75, 3.05) is 6.54 Å². The predicted octanol–water partition coefficient (Wildman–Crippen LogP) is 1.49. The highest BCUT2D eigenvalue weighted by Crippen LogP contribution is 2.25. The molecule has 0 radical (unpaired) electrons. The summed E-state index contributed by atoms with van der Waals surface area (Å²) in [5, 5.41) is 12.6. The predicted molar refractivity (Wildman–Crippen MR) is 90.0 cm³/mol. The molecule has 2 aromatic carbocycles. The van der Waals surface area contributed by atoms with Crippen LogP contribution in [0, 0.1) is 0 Å². The Morgan fingerprint density at radius 1 is 0.923 bits per heavy atom. The van der Waals surface area contributed by atoms with E-state index in [1.54, 1.807) is 42.5 Å². The zero-order valence-corrected chi connectivity index (χ0v) is 13.6. The summed E-state index contributed by atoms with van der Waals surface area (Å²) in [6.45, 7) is -0.703. The number of imide groups is 1. The second kappa shape index (κ2) is 7.06. The van der Waals surface area contributed by atoms with Gasteiger partial charge >= 0.3 is 12.0 Å². The van der Waals surface area contributed by atoms with Crippen molar-refractivity contribution in [2.45, 2.75) is 6.54 Å². The number of fused-ring (bicyclic) bond motifs is 1. The van der Waals surface area contributed by atoms with Crippen LogP contribution in [-0.4, -0.2) is 45.5 Å². The molecule has 26 heavy (non-hydrogen) atoms. The largest absolute Gasteiger partial charge is 0.480 e. The third-order valence-corrected chi connectivity index (χ3v) is 3.81. The Hall–Kier alpha value is -3.68. The van der Waals surface area contributed by atoms with E-state index in [2.05, 4.69) is 5.32 Å². The number of nitrogens with one attached hydrogen (secondary N) is 1. The number of carboxylic acid groups (broad SMARTS) is 1. The van der Waals surface area contributed by atoms with Gasteiger partial charge in [0.05, 0.1) is 17.7 Å². The minimum Gasteiger partial charge on any atom is -0.480 e. The number of benzene rings is 2. The van der Waals surface area contributed by atoms with E-state index < -0.39 is 30.4 Å². The van der Waals surface area contributed by atoms with Crippen LogP contribution in [0.4, 0.5) is 4.79 Å². The van der Waals surface area contributed by atoms with Gasteiger partial charge in [-0.15, -0.1) is 0 Å². The van der Waals surface area contributed by atoms with E-state index in [1.807, 2.05) is 0 Å². The SMILES string of the molecule is O=C(O)CNC(=O)N(Cc1ccccc1)N1C(=O)c2ccccc2C1=O. The van der Waals surface area contributed by atoms with Gasteiger partial charge in [0.25, 0.3) is 11.8 Å². The first-order chi connectivity index (χ1) is 12.5. The van der Waals surface area contributed by atoms with Gasteiger partial charge in [-0.2, -0.15) is 5.01 Å². The van der Waals surface area contributed by atoms with Crippen molar-refractivity contribution in [1.29, 1.82) is 0 Å². The van der Waals surface area contributed by atoms with Crippen LogP contribution >= 0.6 is 0 Å². The summed E-state index contributed by atoms with van der Waals surface area (Å²) in [5.41, 5.74) is 1.07. The number of nitrogens with zero attached hydrogens (tertiary/aromatic N) is 2. The normalized spacial score (nSPS) is 12.7. The molecule has 3 rings (SSSR count). The Morgan fingerprint density at radius 3 is 2.00 bits per heavy atom. The van der Waals surface area contributed by atoms with Crippen LogP contribution in [0.1, 0.15) is 26.3 Å². The third kappa shape index (κ3) is 3.25. The van der Waals surface area contributed by atoms with Gasteiger partial charge in [0, 0.05) is 0 Å². The topological polar surface area (TPSA) is 107 Å². The summed E-state index contributed by atoms with van der Waals surface area (Å²) < 4.78 is 0. The monoisotopic (exact) mass is 353 g/mol. The second-order valence-electron chi connectivity index (χ2n) is 5.56. The molecule has 0 fully saturated rings. The van der Waals surface area contributed by atoms with E-state index in [-0.39, 0.29) is 17.7 Å². The Labute approximate surface area is 148 Å². The molecule has 4 amide bonds. The zero-order valence-electron chi connectivity index (χ0n) is 13.6. The molecule has 0 unspecified atom stereocenters. The summed E-state index contributed by atoms with van der Waals surface area (Å²) in [6, 6.07) is 14.2. The number of carbonyl (C=O) groups is 4. The molecule has 0 saturated heterocycles. The second-order valence-corrected chi connectivity index (χ2v) is 5.56. The van der Waals surface area contributed by atoms with E-state index in [0.717, 1.165) is 10.0 Å². The van der Waals surface area contributed by atoms with Gasteiger partial charge in [-0.1, -0.05) is 42.5 Å². The fraction of sp³-hybridized carbons (Fsp3) is 0.111. The average molecular weight is 353 g/mol. The summed E-state index contributed by atoms with van der Waals surface area (Å²) in [7, 11) is 0. The first-order valence-electron chi connectivity index (χ1n) is 7.78. The van der Waals surface area contributed by atoms with Crippen molar-refractivity contribution in [1.82, 2.24) is 15.3 Å². The standard InChI is InChI=1S/C18H15N3O5/c22-15(23)10-19-18(26)20(11-12-6-2-1-3-7-12)21-16(24)13-8-4-5-9-14(13)17(21)25/h1-9H,10-11H2,(H,19,26)(H,22,23). The number of amides is 4. The van der Waals surface area contributed by atoms with Crippen LogP contribution < -0.4 is 5.32 Å². The Morgan fingerprint density at radius 2 is 1.46 bits per heavy atom. The summed E-state index contributed by atoms with van der Waals surface area (Å²) in [4.78, 5) is 48.5. The lowest BCUT2D eigenvalue weighted by molar-refractivity contribution is -0.135. The molecule has 0 saturated carbocycles. The Bertz CT molecular complexity index is 846. The number of hydrogen-bond acceptors (Lipinski definition) is 4. The molecule has 0 aliphatic carbocycles. The quantitative estimate of drug-likeness (QED) is 0.792. The lowest BCUT2D eigenvalue weighted by atomic mass is 10.1. The third-order valence-electron chi connectivity index (χ3n) is 3.81. The van der Waals surface area contributed by atoms with Crippen molar-refractivity contribution >= 4 is 23.8 Å². The minimum atomic E-state index is -1.24. The molecule has 2 N–H and O–H groups in total. The zero-order chi connectivity index (χ0) is 18.7. The molecule has 1 aliphatic heterocycles. The number of carboxylic acids is 1. The maximum Gasteiger partial charge on any atom is 0.337 e. The number of urea groups is 1. The van der Waals surface area contributed by atoms with Gasteiger partial charge in [0.2, 0.25) is 0 Å². The molecule has 2 aromatic rings. The molecule has 0 aromatic heterocycles. The summed E-state index contributed by atoms with van der Waals surface area (Å²) in [5.74, 6) is -2.50. The van der Waals surface area contributed by atoms with Gasteiger partial charge in [-0.05, 0) is 17.7 Å². The molecule has 132 valence electrons. The fourth-order valence-electron chi connectivity index (χ4n) is 2.63. The molecule has 1 heterocycles. The van der Waals surface area contributed by atoms with Crippen LogP contribution in [0.15, 0.2) is 54.6 Å². The molecular weight excluding hydrogens is 338 g/mol. The molecule has 0 atom stereocenters. The van der Waals surface area contributed by atoms with E-state index in [0.29, 0.717) is 5.56 Å². The Kier molecular flexibility index (Phi) is 4.66. The van der Waals surface area contributed by atoms with Crippen molar-refractivity contribution in [3.05, 3.63) is 71.3 Å². The van der Waals surface area contributed by atoms with Gasteiger partial charge in [-0.3, -0.25) is 14.4 Å². The highest BCUT2D eigenvalue weighted by atomic mass is 16.4. The molecule has 1 aliphatic rings. The highest BCUT2D eigenvalue weighted by Gasteiger charge is 2.41. The van der Waals surface area contributed by atoms with Gasteiger partial charge in [0.1, 0.15) is 6.54 Å². The number of hydrogen-bond donors (Lipinski definition) is 2. The number of hydrazine groups is 1. The van der Waals surface area contributed by atoms with Gasteiger partial charge < -0.3 is 10.4 Å². The van der Waals surface area contributed by atoms with Crippen molar-refractivity contribution in [3.63, 3.8) is 0 Å². The van der Waals surface area contributed by atoms with Crippen molar-refractivity contribution < 1.29 is 24.3 Å². The van der Waals surface area contributed by atoms with Gasteiger partial charge in [-0.25, -0.2) is 9.80 Å². The fourth-order valence-corrected chi connectivity index (χ4v) is 2.63. The smallest absolute Gasteiger partial charge is 0.337 e. The van der Waals surface area contributed by atoms with E-state index >= 15 is 0 Å². The van der Waals surface area contributed by atoms with Crippen LogP contribution in [0.3, 0.4) is 0 Å². The number of aliphatic carboxylic acids is 1. The molecular formula is C18H15N3O5. The number of rotatable bonds is 5. The Balaban J connectivity index is 1.93. The molecule has 8 nitrogen and oxygen atoms in total. The molecule has 0 spiro atoms. The van der Waals surface area contributed by atoms with Crippen molar-refractivity contribution in [2.24, 2.45) is 0 Å². The maximum absolute atomic E-state index is 12.6. The van der Waals surface area contributed by atoms with E-state index in [9.17, 15) is 19.2 Å². The first kappa shape index (κ1) is 17.2. The van der Waals surface area contributed by atoms with Crippen LogP contribution in [-0.2, 0) is 11.3 Å². The highest BCUT2D eigenvalue weighted by molar-refractivity contribution is 6.21.